The molecule has 162 valence electrons. The number of hydrogen-bond donors (Lipinski definition) is 0. The Labute approximate surface area is 180 Å². The first-order valence-corrected chi connectivity index (χ1v) is 10.1. The van der Waals surface area contributed by atoms with Crippen molar-refractivity contribution in [3.05, 3.63) is 58.6 Å². The van der Waals surface area contributed by atoms with Gasteiger partial charge in [-0.05, 0) is 45.0 Å². The molecule has 1 saturated heterocycles. The molecule has 1 heterocycles. The Hall–Kier alpha value is -2.54. The molecular weight excluding hydrogens is 414 g/mol. The van der Waals surface area contributed by atoms with Gasteiger partial charge in [-0.1, -0.05) is 17.7 Å². The molecule has 0 atom stereocenters. The first-order valence-electron chi connectivity index (χ1n) is 9.71. The second kappa shape index (κ2) is 9.08. The zero-order chi connectivity index (χ0) is 21.9. The van der Waals surface area contributed by atoms with Gasteiger partial charge in [0.1, 0.15) is 18.0 Å². The molecule has 5 nitrogen and oxygen atoms in total. The van der Waals surface area contributed by atoms with E-state index in [2.05, 4.69) is 0 Å². The molecule has 3 rings (SSSR count). The van der Waals surface area contributed by atoms with Crippen molar-refractivity contribution in [2.75, 3.05) is 31.1 Å². The van der Waals surface area contributed by atoms with Crippen LogP contribution in [0.2, 0.25) is 5.02 Å². The molecule has 1 aliphatic heterocycles. The Bertz CT molecular complexity index is 910. The predicted octanol–water partition coefficient (Wildman–Crippen LogP) is 5.25. The van der Waals surface area contributed by atoms with Crippen molar-refractivity contribution < 1.29 is 23.0 Å². The highest BCUT2D eigenvalue weighted by Gasteiger charge is 2.26. The number of hydrogen-bond acceptors (Lipinski definition) is 4. The van der Waals surface area contributed by atoms with Crippen LogP contribution < -0.4 is 9.64 Å². The third-order valence-corrected chi connectivity index (χ3v) is 4.84. The van der Waals surface area contributed by atoms with E-state index in [1.54, 1.807) is 23.1 Å². The highest BCUT2D eigenvalue weighted by atomic mass is 35.5. The molecule has 8 heteroatoms. The van der Waals surface area contributed by atoms with Crippen LogP contribution in [0.1, 0.15) is 26.3 Å². The number of carbonyl (C=O) groups is 1. The number of amides is 1. The summed E-state index contributed by atoms with van der Waals surface area (Å²) in [5, 5.41) is 0.287. The molecule has 0 radical (unpaired) electrons. The van der Waals surface area contributed by atoms with Gasteiger partial charge in [-0.2, -0.15) is 0 Å². The minimum atomic E-state index is -0.541. The molecule has 0 unspecified atom stereocenters. The minimum absolute atomic E-state index is 0.0384. The van der Waals surface area contributed by atoms with Crippen molar-refractivity contribution in [3.8, 4) is 5.75 Å². The van der Waals surface area contributed by atoms with Crippen LogP contribution in [0.15, 0.2) is 36.4 Å². The largest absolute Gasteiger partial charge is 0.486 e. The van der Waals surface area contributed by atoms with E-state index in [4.69, 9.17) is 21.1 Å². The van der Waals surface area contributed by atoms with E-state index in [9.17, 15) is 13.6 Å². The highest BCUT2D eigenvalue weighted by molar-refractivity contribution is 6.30. The predicted molar refractivity (Wildman–Crippen MR) is 112 cm³/mol. The van der Waals surface area contributed by atoms with Crippen LogP contribution in [-0.2, 0) is 11.3 Å². The number of nitrogens with zero attached hydrogens (tertiary/aromatic N) is 2. The fraction of sp³-hybridized carbons (Fsp3) is 0.409. The average molecular weight is 439 g/mol. The van der Waals surface area contributed by atoms with Gasteiger partial charge >= 0.3 is 6.09 Å². The fourth-order valence-corrected chi connectivity index (χ4v) is 3.23. The zero-order valence-corrected chi connectivity index (χ0v) is 18.0. The molecule has 1 amide bonds. The van der Waals surface area contributed by atoms with Gasteiger partial charge in [0, 0.05) is 48.5 Å². The van der Waals surface area contributed by atoms with Crippen molar-refractivity contribution in [1.29, 1.82) is 0 Å². The molecule has 0 bridgehead atoms. The number of carbonyl (C=O) groups excluding carboxylic acids is 1. The van der Waals surface area contributed by atoms with Crippen LogP contribution in [0, 0.1) is 11.6 Å². The topological polar surface area (TPSA) is 42.0 Å². The minimum Gasteiger partial charge on any atom is -0.486 e. The van der Waals surface area contributed by atoms with E-state index < -0.39 is 17.2 Å². The van der Waals surface area contributed by atoms with Crippen molar-refractivity contribution in [1.82, 2.24) is 4.90 Å². The average Bonchev–Trinajstić information content (AvgIpc) is 2.67. The first kappa shape index (κ1) is 22.2. The summed E-state index contributed by atoms with van der Waals surface area (Å²) in [6.45, 7) is 7.53. The number of benzene rings is 2. The zero-order valence-electron chi connectivity index (χ0n) is 17.3. The SMILES string of the molecule is CC(C)(C)OC(=O)N1CCN(c2ccc(F)c(OCc3ccc(Cl)cc3F)c2)CC1. The molecule has 0 aromatic heterocycles. The van der Waals surface area contributed by atoms with Crippen LogP contribution in [0.25, 0.3) is 0 Å². The number of rotatable bonds is 4. The molecular formula is C22H25ClF2N2O3. The number of halogens is 3. The third kappa shape index (κ3) is 5.75. The summed E-state index contributed by atoms with van der Waals surface area (Å²) < 4.78 is 39.0. The maximum absolute atomic E-state index is 14.2. The Balaban J connectivity index is 1.62. The van der Waals surface area contributed by atoms with Crippen LogP contribution in [0.3, 0.4) is 0 Å². The van der Waals surface area contributed by atoms with Gasteiger partial charge in [0.2, 0.25) is 0 Å². The lowest BCUT2D eigenvalue weighted by Gasteiger charge is -2.36. The van der Waals surface area contributed by atoms with Gasteiger partial charge in [0.15, 0.2) is 11.6 Å². The number of piperazine rings is 1. The van der Waals surface area contributed by atoms with Crippen molar-refractivity contribution in [3.63, 3.8) is 0 Å². The fourth-order valence-electron chi connectivity index (χ4n) is 3.07. The standard InChI is InChI=1S/C22H25ClF2N2O3/c1-22(2,3)30-21(28)27-10-8-26(9-11-27)17-6-7-18(24)20(13-17)29-14-15-4-5-16(23)12-19(15)25/h4-7,12-13H,8-11,14H2,1-3H3. The van der Waals surface area contributed by atoms with Gasteiger partial charge in [-0.3, -0.25) is 0 Å². The van der Waals surface area contributed by atoms with E-state index in [0.29, 0.717) is 26.2 Å². The summed E-state index contributed by atoms with van der Waals surface area (Å²) in [6.07, 6.45) is -0.338. The number of ether oxygens (including phenoxy) is 2. The Morgan fingerprint density at radius 3 is 2.37 bits per heavy atom. The molecule has 1 aliphatic rings. The molecule has 2 aromatic carbocycles. The van der Waals surface area contributed by atoms with Crippen LogP contribution in [-0.4, -0.2) is 42.8 Å². The maximum atomic E-state index is 14.2. The summed E-state index contributed by atoms with van der Waals surface area (Å²) in [7, 11) is 0. The lowest BCUT2D eigenvalue weighted by Crippen LogP contribution is -2.50. The molecule has 0 saturated carbocycles. The summed E-state index contributed by atoms with van der Waals surface area (Å²) >= 11 is 5.75. The Kier molecular flexibility index (Phi) is 6.71. The molecule has 0 spiro atoms. The van der Waals surface area contributed by atoms with Crippen LogP contribution in [0.5, 0.6) is 5.75 Å². The molecule has 0 N–H and O–H groups in total. The van der Waals surface area contributed by atoms with E-state index >= 15 is 0 Å². The van der Waals surface area contributed by atoms with Crippen molar-refractivity contribution in [2.24, 2.45) is 0 Å². The molecule has 0 aliphatic carbocycles. The lowest BCUT2D eigenvalue weighted by atomic mass is 10.2. The van der Waals surface area contributed by atoms with Gasteiger partial charge in [-0.15, -0.1) is 0 Å². The number of anilines is 1. The maximum Gasteiger partial charge on any atom is 0.410 e. The third-order valence-electron chi connectivity index (χ3n) is 4.61. The van der Waals surface area contributed by atoms with Crippen LogP contribution in [0.4, 0.5) is 19.3 Å². The van der Waals surface area contributed by atoms with Gasteiger partial charge < -0.3 is 19.3 Å². The summed E-state index contributed by atoms with van der Waals surface area (Å²) in [5.41, 5.74) is 0.517. The molecule has 2 aromatic rings. The Morgan fingerprint density at radius 1 is 1.03 bits per heavy atom. The second-order valence-corrected chi connectivity index (χ2v) is 8.53. The quantitative estimate of drug-likeness (QED) is 0.653. The summed E-state index contributed by atoms with van der Waals surface area (Å²) in [6, 6.07) is 8.83. The van der Waals surface area contributed by atoms with E-state index in [0.717, 1.165) is 5.69 Å². The van der Waals surface area contributed by atoms with E-state index in [1.807, 2.05) is 25.7 Å². The van der Waals surface area contributed by atoms with Crippen molar-refractivity contribution in [2.45, 2.75) is 33.0 Å². The summed E-state index contributed by atoms with van der Waals surface area (Å²) in [4.78, 5) is 15.9. The smallest absolute Gasteiger partial charge is 0.410 e. The van der Waals surface area contributed by atoms with Gasteiger partial charge in [0.25, 0.3) is 0 Å². The summed E-state index contributed by atoms with van der Waals surface area (Å²) in [5.74, 6) is -0.991. The van der Waals surface area contributed by atoms with Crippen molar-refractivity contribution >= 4 is 23.4 Å². The van der Waals surface area contributed by atoms with Gasteiger partial charge in [-0.25, -0.2) is 13.6 Å². The van der Waals surface area contributed by atoms with Crippen LogP contribution >= 0.6 is 11.6 Å². The lowest BCUT2D eigenvalue weighted by molar-refractivity contribution is 0.0240. The molecule has 1 fully saturated rings. The normalized spacial score (nSPS) is 14.6. The Morgan fingerprint density at radius 2 is 1.73 bits per heavy atom. The van der Waals surface area contributed by atoms with E-state index in [-0.39, 0.29) is 29.0 Å². The monoisotopic (exact) mass is 438 g/mol. The van der Waals surface area contributed by atoms with E-state index in [1.165, 1.54) is 18.2 Å². The van der Waals surface area contributed by atoms with Gasteiger partial charge in [0.05, 0.1) is 0 Å². The second-order valence-electron chi connectivity index (χ2n) is 8.09. The highest BCUT2D eigenvalue weighted by Crippen LogP contribution is 2.27. The molecule has 30 heavy (non-hydrogen) atoms. The first-order chi connectivity index (χ1) is 14.1.